The van der Waals surface area contributed by atoms with E-state index in [1.807, 2.05) is 11.8 Å². The number of fused-ring (bicyclic) bond motifs is 1. The summed E-state index contributed by atoms with van der Waals surface area (Å²) in [6.45, 7) is 0. The summed E-state index contributed by atoms with van der Waals surface area (Å²) in [7, 11) is 0. The standard InChI is InChI=1S/C11H13N3OS/c15-8-3-4-11-12-10(13-14(11)7-8)6-9-2-1-5-16-9/h3-4,7,9,15H,1-2,5-6H2. The summed E-state index contributed by atoms with van der Waals surface area (Å²) in [4.78, 5) is 4.44. The van der Waals surface area contributed by atoms with E-state index < -0.39 is 0 Å². The summed E-state index contributed by atoms with van der Waals surface area (Å²) in [5.74, 6) is 2.36. The summed E-state index contributed by atoms with van der Waals surface area (Å²) in [5.41, 5.74) is 0.802. The van der Waals surface area contributed by atoms with Crippen LogP contribution < -0.4 is 0 Å². The SMILES string of the molecule is Oc1ccc2nc(CC3CCCS3)nn2c1. The largest absolute Gasteiger partial charge is 0.506 e. The summed E-state index contributed by atoms with van der Waals surface area (Å²) in [6.07, 6.45) is 5.11. The molecule has 5 heteroatoms. The molecule has 1 N–H and O–H groups in total. The molecule has 1 aliphatic heterocycles. The van der Waals surface area contributed by atoms with E-state index in [1.54, 1.807) is 22.8 Å². The molecule has 0 bridgehead atoms. The fourth-order valence-electron chi connectivity index (χ4n) is 2.01. The Hall–Kier alpha value is -1.23. The van der Waals surface area contributed by atoms with Gasteiger partial charge < -0.3 is 5.11 Å². The second-order valence-corrected chi connectivity index (χ2v) is 5.47. The van der Waals surface area contributed by atoms with E-state index in [0.717, 1.165) is 17.9 Å². The highest BCUT2D eigenvalue weighted by atomic mass is 32.2. The van der Waals surface area contributed by atoms with E-state index in [9.17, 15) is 5.11 Å². The van der Waals surface area contributed by atoms with E-state index in [-0.39, 0.29) is 5.75 Å². The van der Waals surface area contributed by atoms with Crippen LogP contribution >= 0.6 is 11.8 Å². The molecule has 1 atom stereocenters. The van der Waals surface area contributed by atoms with Gasteiger partial charge in [-0.15, -0.1) is 0 Å². The molecule has 2 aromatic rings. The average molecular weight is 235 g/mol. The minimum atomic E-state index is 0.221. The van der Waals surface area contributed by atoms with Crippen molar-refractivity contribution in [2.45, 2.75) is 24.5 Å². The van der Waals surface area contributed by atoms with Crippen molar-refractivity contribution in [1.82, 2.24) is 14.6 Å². The van der Waals surface area contributed by atoms with Crippen molar-refractivity contribution in [3.63, 3.8) is 0 Å². The van der Waals surface area contributed by atoms with Gasteiger partial charge in [-0.2, -0.15) is 16.9 Å². The van der Waals surface area contributed by atoms with Crippen molar-refractivity contribution in [2.24, 2.45) is 0 Å². The highest BCUT2D eigenvalue weighted by molar-refractivity contribution is 8.00. The fraction of sp³-hybridized carbons (Fsp3) is 0.455. The zero-order chi connectivity index (χ0) is 11.0. The van der Waals surface area contributed by atoms with Crippen molar-refractivity contribution < 1.29 is 5.11 Å². The van der Waals surface area contributed by atoms with E-state index in [1.165, 1.54) is 18.6 Å². The molecule has 1 fully saturated rings. The van der Waals surface area contributed by atoms with Crippen LogP contribution in [0.1, 0.15) is 18.7 Å². The van der Waals surface area contributed by atoms with Crippen molar-refractivity contribution >= 4 is 17.4 Å². The predicted molar refractivity (Wildman–Crippen MR) is 63.8 cm³/mol. The van der Waals surface area contributed by atoms with Crippen LogP contribution in [0.2, 0.25) is 0 Å². The van der Waals surface area contributed by atoms with Gasteiger partial charge in [0.1, 0.15) is 5.75 Å². The topological polar surface area (TPSA) is 50.4 Å². The summed E-state index contributed by atoms with van der Waals surface area (Å²) >= 11 is 2.01. The summed E-state index contributed by atoms with van der Waals surface area (Å²) in [6, 6.07) is 3.42. The van der Waals surface area contributed by atoms with E-state index in [4.69, 9.17) is 0 Å². The molecule has 0 spiro atoms. The molecule has 0 aromatic carbocycles. The first-order valence-electron chi connectivity index (χ1n) is 5.47. The van der Waals surface area contributed by atoms with E-state index in [0.29, 0.717) is 5.25 Å². The molecule has 1 saturated heterocycles. The van der Waals surface area contributed by atoms with Crippen LogP contribution in [0.5, 0.6) is 5.75 Å². The summed E-state index contributed by atoms with van der Waals surface area (Å²) < 4.78 is 1.64. The highest BCUT2D eigenvalue weighted by Crippen LogP contribution is 2.28. The molecular weight excluding hydrogens is 222 g/mol. The van der Waals surface area contributed by atoms with Crippen molar-refractivity contribution in [3.05, 3.63) is 24.2 Å². The Morgan fingerprint density at radius 2 is 2.44 bits per heavy atom. The first-order valence-corrected chi connectivity index (χ1v) is 6.52. The number of aromatic hydroxyl groups is 1. The van der Waals surface area contributed by atoms with Crippen LogP contribution in [0.3, 0.4) is 0 Å². The van der Waals surface area contributed by atoms with Crippen LogP contribution in [-0.4, -0.2) is 30.7 Å². The third kappa shape index (κ3) is 1.87. The highest BCUT2D eigenvalue weighted by Gasteiger charge is 2.18. The van der Waals surface area contributed by atoms with Gasteiger partial charge in [0, 0.05) is 11.7 Å². The molecule has 16 heavy (non-hydrogen) atoms. The zero-order valence-corrected chi connectivity index (χ0v) is 9.65. The van der Waals surface area contributed by atoms with Gasteiger partial charge in [-0.25, -0.2) is 9.50 Å². The quantitative estimate of drug-likeness (QED) is 0.863. The summed E-state index contributed by atoms with van der Waals surface area (Å²) in [5, 5.41) is 14.4. The lowest BCUT2D eigenvalue weighted by Crippen LogP contribution is -2.03. The number of nitrogens with zero attached hydrogens (tertiary/aromatic N) is 3. The van der Waals surface area contributed by atoms with Crippen molar-refractivity contribution in [2.75, 3.05) is 5.75 Å². The minimum Gasteiger partial charge on any atom is -0.506 e. The fourth-order valence-corrected chi connectivity index (χ4v) is 3.28. The smallest absolute Gasteiger partial charge is 0.155 e. The monoisotopic (exact) mass is 235 g/mol. The van der Waals surface area contributed by atoms with Gasteiger partial charge in [0.2, 0.25) is 0 Å². The molecule has 0 amide bonds. The lowest BCUT2D eigenvalue weighted by Gasteiger charge is -2.02. The Bertz CT molecular complexity index is 505. The lowest BCUT2D eigenvalue weighted by molar-refractivity contribution is 0.470. The van der Waals surface area contributed by atoms with Gasteiger partial charge >= 0.3 is 0 Å². The molecule has 4 nitrogen and oxygen atoms in total. The molecule has 2 aromatic heterocycles. The van der Waals surface area contributed by atoms with Gasteiger partial charge in [0.05, 0.1) is 6.20 Å². The molecule has 0 radical (unpaired) electrons. The third-order valence-corrected chi connectivity index (χ3v) is 4.19. The van der Waals surface area contributed by atoms with Gasteiger partial charge in [-0.05, 0) is 30.7 Å². The Morgan fingerprint density at radius 3 is 3.25 bits per heavy atom. The van der Waals surface area contributed by atoms with Gasteiger partial charge in [0.15, 0.2) is 11.5 Å². The Morgan fingerprint density at radius 1 is 1.50 bits per heavy atom. The first-order chi connectivity index (χ1) is 7.81. The molecule has 0 aliphatic carbocycles. The number of hydrogen-bond donors (Lipinski definition) is 1. The van der Waals surface area contributed by atoms with Crippen LogP contribution in [-0.2, 0) is 6.42 Å². The van der Waals surface area contributed by atoms with Crippen LogP contribution in [0.4, 0.5) is 0 Å². The Kier molecular flexibility index (Phi) is 2.47. The van der Waals surface area contributed by atoms with Gasteiger partial charge in [-0.3, -0.25) is 0 Å². The molecule has 1 aliphatic rings. The molecule has 0 saturated carbocycles. The molecule has 1 unspecified atom stereocenters. The predicted octanol–water partition coefficient (Wildman–Crippen LogP) is 1.87. The van der Waals surface area contributed by atoms with E-state index in [2.05, 4.69) is 10.1 Å². The van der Waals surface area contributed by atoms with Crippen molar-refractivity contribution in [1.29, 1.82) is 0 Å². The average Bonchev–Trinajstić information content (AvgIpc) is 2.86. The second kappa shape index (κ2) is 3.97. The Labute approximate surface area is 97.7 Å². The maximum Gasteiger partial charge on any atom is 0.155 e. The maximum atomic E-state index is 9.33. The Balaban J connectivity index is 1.86. The first kappa shape index (κ1) is 9.96. The number of hydrogen-bond acceptors (Lipinski definition) is 4. The number of aromatic nitrogens is 3. The lowest BCUT2D eigenvalue weighted by atomic mass is 10.2. The maximum absolute atomic E-state index is 9.33. The van der Waals surface area contributed by atoms with Gasteiger partial charge in [-0.1, -0.05) is 0 Å². The molecular formula is C11H13N3OS. The van der Waals surface area contributed by atoms with E-state index >= 15 is 0 Å². The number of pyridine rings is 1. The zero-order valence-electron chi connectivity index (χ0n) is 8.83. The van der Waals surface area contributed by atoms with Crippen molar-refractivity contribution in [3.8, 4) is 5.75 Å². The van der Waals surface area contributed by atoms with Crippen LogP contribution in [0, 0.1) is 0 Å². The molecule has 84 valence electrons. The second-order valence-electron chi connectivity index (χ2n) is 4.06. The number of thioether (sulfide) groups is 1. The van der Waals surface area contributed by atoms with Crippen LogP contribution in [0.25, 0.3) is 5.65 Å². The number of rotatable bonds is 2. The third-order valence-electron chi connectivity index (χ3n) is 2.79. The van der Waals surface area contributed by atoms with Gasteiger partial charge in [0.25, 0.3) is 0 Å². The molecule has 3 heterocycles. The minimum absolute atomic E-state index is 0.221. The normalized spacial score (nSPS) is 20.6. The molecule has 3 rings (SSSR count). The van der Waals surface area contributed by atoms with Crippen LogP contribution in [0.15, 0.2) is 18.3 Å².